The van der Waals surface area contributed by atoms with Crippen LogP contribution in [0.25, 0.3) is 0 Å². The third kappa shape index (κ3) is 4.21. The van der Waals surface area contributed by atoms with Gasteiger partial charge in [-0.3, -0.25) is 0 Å². The van der Waals surface area contributed by atoms with Gasteiger partial charge in [-0.05, 0) is 31.9 Å². The van der Waals surface area contributed by atoms with Gasteiger partial charge in [0.15, 0.2) is 0 Å². The molecule has 3 heteroatoms. The minimum atomic E-state index is -0.447. The Hall–Kier alpha value is -1.06. The van der Waals surface area contributed by atoms with E-state index in [-0.39, 0.29) is 6.61 Å². The van der Waals surface area contributed by atoms with Gasteiger partial charge in [-0.1, -0.05) is 18.2 Å². The smallest absolute Gasteiger partial charge is 0.0608 e. The molecule has 1 unspecified atom stereocenters. The zero-order valence-electron chi connectivity index (χ0n) is 10.2. The highest BCUT2D eigenvalue weighted by Gasteiger charge is 2.16. The van der Waals surface area contributed by atoms with Crippen molar-refractivity contribution in [3.63, 3.8) is 0 Å². The van der Waals surface area contributed by atoms with Crippen molar-refractivity contribution in [3.05, 3.63) is 30.3 Å². The Morgan fingerprint density at radius 2 is 1.94 bits per heavy atom. The van der Waals surface area contributed by atoms with Crippen LogP contribution in [0.4, 0.5) is 5.69 Å². The molecule has 0 radical (unpaired) electrons. The number of nitrogens with two attached hydrogens (primary N) is 1. The van der Waals surface area contributed by atoms with Gasteiger partial charge < -0.3 is 15.7 Å². The number of anilines is 1. The predicted molar refractivity (Wildman–Crippen MR) is 68.6 cm³/mol. The number of nitrogens with zero attached hydrogens (tertiary/aromatic N) is 1. The molecule has 0 spiro atoms. The number of hydrogen-bond donors (Lipinski definition) is 2. The second-order valence-corrected chi connectivity index (χ2v) is 4.67. The van der Waals surface area contributed by atoms with Crippen LogP contribution < -0.4 is 10.6 Å². The number of aliphatic hydroxyl groups excluding tert-OH is 1. The number of aliphatic hydroxyl groups is 1. The summed E-state index contributed by atoms with van der Waals surface area (Å²) < 4.78 is 0. The molecule has 0 heterocycles. The van der Waals surface area contributed by atoms with E-state index in [9.17, 15) is 0 Å². The standard InChI is InChI=1S/C13H22N2O/c1-13(14,11-16)9-6-10-15(2)12-7-4-3-5-8-12/h3-5,7-8,16H,6,9-11,14H2,1-2H3. The van der Waals surface area contributed by atoms with Gasteiger partial charge >= 0.3 is 0 Å². The van der Waals surface area contributed by atoms with E-state index in [2.05, 4.69) is 24.1 Å². The molecule has 0 aromatic heterocycles. The van der Waals surface area contributed by atoms with Gasteiger partial charge in [-0.25, -0.2) is 0 Å². The van der Waals surface area contributed by atoms with Gasteiger partial charge in [0.1, 0.15) is 0 Å². The zero-order valence-corrected chi connectivity index (χ0v) is 10.2. The molecular weight excluding hydrogens is 200 g/mol. The lowest BCUT2D eigenvalue weighted by Crippen LogP contribution is -2.40. The highest BCUT2D eigenvalue weighted by molar-refractivity contribution is 5.44. The monoisotopic (exact) mass is 222 g/mol. The van der Waals surface area contributed by atoms with Crippen molar-refractivity contribution >= 4 is 5.69 Å². The Morgan fingerprint density at radius 3 is 2.50 bits per heavy atom. The molecule has 0 amide bonds. The molecule has 1 rings (SSSR count). The summed E-state index contributed by atoms with van der Waals surface area (Å²) in [6.45, 7) is 2.88. The zero-order chi connectivity index (χ0) is 12.0. The van der Waals surface area contributed by atoms with Crippen molar-refractivity contribution in [2.75, 3.05) is 25.1 Å². The van der Waals surface area contributed by atoms with E-state index in [0.717, 1.165) is 19.4 Å². The molecule has 1 atom stereocenters. The maximum atomic E-state index is 9.04. The molecule has 0 aliphatic carbocycles. The summed E-state index contributed by atoms with van der Waals surface area (Å²) in [5.74, 6) is 0. The summed E-state index contributed by atoms with van der Waals surface area (Å²) in [5.41, 5.74) is 6.64. The topological polar surface area (TPSA) is 49.5 Å². The summed E-state index contributed by atoms with van der Waals surface area (Å²) in [7, 11) is 2.07. The third-order valence-electron chi connectivity index (χ3n) is 2.80. The number of hydrogen-bond acceptors (Lipinski definition) is 3. The van der Waals surface area contributed by atoms with Crippen molar-refractivity contribution in [2.45, 2.75) is 25.3 Å². The van der Waals surface area contributed by atoms with Gasteiger partial charge in [-0.15, -0.1) is 0 Å². The van der Waals surface area contributed by atoms with E-state index in [0.29, 0.717) is 0 Å². The van der Waals surface area contributed by atoms with E-state index in [1.54, 1.807) is 0 Å². The van der Waals surface area contributed by atoms with Crippen LogP contribution in [0, 0.1) is 0 Å². The van der Waals surface area contributed by atoms with E-state index in [1.165, 1.54) is 5.69 Å². The molecule has 3 nitrogen and oxygen atoms in total. The molecule has 1 aromatic rings. The van der Waals surface area contributed by atoms with E-state index in [1.807, 2.05) is 25.1 Å². The molecule has 3 N–H and O–H groups in total. The lowest BCUT2D eigenvalue weighted by Gasteiger charge is -2.24. The van der Waals surface area contributed by atoms with Crippen LogP contribution in [0.15, 0.2) is 30.3 Å². The molecule has 0 saturated carbocycles. The van der Waals surface area contributed by atoms with Crippen LogP contribution in [0.5, 0.6) is 0 Å². The highest BCUT2D eigenvalue weighted by Crippen LogP contribution is 2.13. The minimum Gasteiger partial charge on any atom is -0.394 e. The number of rotatable bonds is 6. The predicted octanol–water partition coefficient (Wildman–Crippen LogP) is 1.61. The molecule has 90 valence electrons. The van der Waals surface area contributed by atoms with Crippen molar-refractivity contribution < 1.29 is 5.11 Å². The molecule has 16 heavy (non-hydrogen) atoms. The Bertz CT molecular complexity index is 298. The lowest BCUT2D eigenvalue weighted by atomic mass is 9.98. The Kier molecular flexibility index (Phi) is 4.77. The average molecular weight is 222 g/mol. The summed E-state index contributed by atoms with van der Waals surface area (Å²) in [6.07, 6.45) is 1.82. The van der Waals surface area contributed by atoms with Gasteiger partial charge in [0.25, 0.3) is 0 Å². The Balaban J connectivity index is 2.34. The van der Waals surface area contributed by atoms with E-state index >= 15 is 0 Å². The van der Waals surface area contributed by atoms with E-state index < -0.39 is 5.54 Å². The van der Waals surface area contributed by atoms with Gasteiger partial charge in [-0.2, -0.15) is 0 Å². The molecular formula is C13H22N2O. The van der Waals surface area contributed by atoms with Crippen LogP contribution in [-0.4, -0.2) is 30.8 Å². The Labute approximate surface area is 97.9 Å². The van der Waals surface area contributed by atoms with Crippen LogP contribution in [0.2, 0.25) is 0 Å². The second-order valence-electron chi connectivity index (χ2n) is 4.67. The maximum absolute atomic E-state index is 9.04. The first-order chi connectivity index (χ1) is 7.55. The SMILES string of the molecule is CN(CCCC(C)(N)CO)c1ccccc1. The fraction of sp³-hybridized carbons (Fsp3) is 0.538. The minimum absolute atomic E-state index is 0.0437. The van der Waals surface area contributed by atoms with Crippen LogP contribution >= 0.6 is 0 Å². The second kappa shape index (κ2) is 5.87. The third-order valence-corrected chi connectivity index (χ3v) is 2.80. The van der Waals surface area contributed by atoms with Crippen molar-refractivity contribution in [1.82, 2.24) is 0 Å². The van der Waals surface area contributed by atoms with Crippen molar-refractivity contribution in [2.24, 2.45) is 5.73 Å². The van der Waals surface area contributed by atoms with E-state index in [4.69, 9.17) is 10.8 Å². The van der Waals surface area contributed by atoms with Crippen molar-refractivity contribution in [3.8, 4) is 0 Å². The fourth-order valence-electron chi connectivity index (χ4n) is 1.61. The quantitative estimate of drug-likeness (QED) is 0.769. The van der Waals surface area contributed by atoms with Crippen LogP contribution in [0.3, 0.4) is 0 Å². The number of para-hydroxylation sites is 1. The molecule has 0 aliphatic rings. The first-order valence-corrected chi connectivity index (χ1v) is 5.71. The molecule has 0 aliphatic heterocycles. The first kappa shape index (κ1) is 13.0. The lowest BCUT2D eigenvalue weighted by molar-refractivity contribution is 0.199. The Morgan fingerprint density at radius 1 is 1.31 bits per heavy atom. The normalized spacial score (nSPS) is 14.5. The van der Waals surface area contributed by atoms with Gasteiger partial charge in [0.05, 0.1) is 6.61 Å². The summed E-state index contributed by atoms with van der Waals surface area (Å²) in [6, 6.07) is 10.3. The molecule has 0 saturated heterocycles. The summed E-state index contributed by atoms with van der Waals surface area (Å²) in [4.78, 5) is 2.20. The van der Waals surface area contributed by atoms with Crippen LogP contribution in [-0.2, 0) is 0 Å². The van der Waals surface area contributed by atoms with Crippen molar-refractivity contribution in [1.29, 1.82) is 0 Å². The first-order valence-electron chi connectivity index (χ1n) is 5.71. The van der Waals surface area contributed by atoms with Gasteiger partial charge in [0.2, 0.25) is 0 Å². The molecule has 0 fully saturated rings. The largest absolute Gasteiger partial charge is 0.394 e. The summed E-state index contributed by atoms with van der Waals surface area (Å²) in [5, 5.41) is 9.04. The fourth-order valence-corrected chi connectivity index (χ4v) is 1.61. The van der Waals surface area contributed by atoms with Crippen LogP contribution in [0.1, 0.15) is 19.8 Å². The molecule has 1 aromatic carbocycles. The summed E-state index contributed by atoms with van der Waals surface area (Å²) >= 11 is 0. The average Bonchev–Trinajstić information content (AvgIpc) is 2.30. The highest BCUT2D eigenvalue weighted by atomic mass is 16.3. The van der Waals surface area contributed by atoms with Gasteiger partial charge in [0, 0.05) is 24.8 Å². The molecule has 0 bridgehead atoms. The maximum Gasteiger partial charge on any atom is 0.0608 e. The number of benzene rings is 1.